The van der Waals surface area contributed by atoms with Crippen molar-refractivity contribution in [3.63, 3.8) is 0 Å². The van der Waals surface area contributed by atoms with Gasteiger partial charge in [-0.3, -0.25) is 9.79 Å². The molecule has 0 spiro atoms. The number of alkyl halides is 3. The van der Waals surface area contributed by atoms with E-state index in [4.69, 9.17) is 10.5 Å². The molecule has 0 aliphatic rings. The SMILES string of the molecule is CN=C(c1ccnc(Nc2cc(NC(=O)/C=C/C(F)(F)F)c(SCCN(C)C)cc2OC)n1)c1ccccc1N. The van der Waals surface area contributed by atoms with Crippen molar-refractivity contribution >= 4 is 46.4 Å². The predicted molar refractivity (Wildman–Crippen MR) is 154 cm³/mol. The van der Waals surface area contributed by atoms with Gasteiger partial charge in [0, 0.05) is 53.8 Å². The molecule has 13 heteroatoms. The normalized spacial score (nSPS) is 12.2. The lowest BCUT2D eigenvalue weighted by molar-refractivity contribution is -0.112. The van der Waals surface area contributed by atoms with Gasteiger partial charge < -0.3 is 26.0 Å². The molecule has 0 bridgehead atoms. The van der Waals surface area contributed by atoms with Crippen LogP contribution in [0.1, 0.15) is 11.3 Å². The van der Waals surface area contributed by atoms with Crippen LogP contribution < -0.4 is 21.1 Å². The number of anilines is 4. The fraction of sp³-hybridized carbons (Fsp3) is 0.259. The third-order valence-electron chi connectivity index (χ3n) is 5.36. The van der Waals surface area contributed by atoms with Crippen molar-refractivity contribution in [2.24, 2.45) is 4.99 Å². The van der Waals surface area contributed by atoms with Crippen LogP contribution in [0.4, 0.5) is 36.2 Å². The number of para-hydroxylation sites is 1. The molecule has 0 saturated heterocycles. The van der Waals surface area contributed by atoms with Gasteiger partial charge in [-0.2, -0.15) is 13.2 Å². The molecule has 40 heavy (non-hydrogen) atoms. The van der Waals surface area contributed by atoms with Crippen LogP contribution in [0.15, 0.2) is 70.7 Å². The Kier molecular flexibility index (Phi) is 10.5. The molecular weight excluding hydrogens is 543 g/mol. The highest BCUT2D eigenvalue weighted by Gasteiger charge is 2.23. The quantitative estimate of drug-likeness (QED) is 0.127. The number of nitrogens with one attached hydrogen (secondary N) is 2. The van der Waals surface area contributed by atoms with Crippen molar-refractivity contribution in [1.82, 2.24) is 14.9 Å². The number of methoxy groups -OCH3 is 1. The zero-order chi connectivity index (χ0) is 29.3. The Labute approximate surface area is 234 Å². The van der Waals surface area contributed by atoms with Crippen LogP contribution in [0.25, 0.3) is 0 Å². The highest BCUT2D eigenvalue weighted by molar-refractivity contribution is 7.99. The van der Waals surface area contributed by atoms with Gasteiger partial charge in [-0.1, -0.05) is 18.2 Å². The first-order valence-electron chi connectivity index (χ1n) is 12.0. The molecule has 0 radical (unpaired) electrons. The number of hydrogen-bond acceptors (Lipinski definition) is 9. The highest BCUT2D eigenvalue weighted by atomic mass is 32.2. The first-order chi connectivity index (χ1) is 19.0. The van der Waals surface area contributed by atoms with Crippen LogP contribution in [-0.4, -0.2) is 73.2 Å². The molecule has 1 aromatic heterocycles. The number of nitrogen functional groups attached to an aromatic ring is 1. The molecule has 4 N–H and O–H groups in total. The molecule has 212 valence electrons. The number of aliphatic imine (C=N–C) groups is 1. The number of hydrogen-bond donors (Lipinski definition) is 3. The summed E-state index contributed by atoms with van der Waals surface area (Å²) in [5.74, 6) is 0.359. The van der Waals surface area contributed by atoms with E-state index in [0.29, 0.717) is 56.5 Å². The molecule has 0 saturated carbocycles. The van der Waals surface area contributed by atoms with E-state index in [2.05, 4.69) is 25.6 Å². The van der Waals surface area contributed by atoms with Crippen molar-refractivity contribution in [1.29, 1.82) is 0 Å². The second kappa shape index (κ2) is 13.8. The summed E-state index contributed by atoms with van der Waals surface area (Å²) in [6, 6.07) is 12.2. The lowest BCUT2D eigenvalue weighted by Gasteiger charge is -2.17. The van der Waals surface area contributed by atoms with Crippen molar-refractivity contribution in [3.8, 4) is 5.75 Å². The van der Waals surface area contributed by atoms with Gasteiger partial charge in [-0.05, 0) is 38.4 Å². The van der Waals surface area contributed by atoms with Crippen molar-refractivity contribution in [2.75, 3.05) is 56.9 Å². The van der Waals surface area contributed by atoms with Crippen LogP contribution >= 0.6 is 11.8 Å². The molecule has 2 aromatic carbocycles. The molecular formula is C27H30F3N7O2S. The van der Waals surface area contributed by atoms with E-state index in [0.717, 1.165) is 6.54 Å². The largest absolute Gasteiger partial charge is 0.495 e. The first-order valence-corrected chi connectivity index (χ1v) is 13.0. The topological polar surface area (TPSA) is 118 Å². The number of nitrogens with zero attached hydrogens (tertiary/aromatic N) is 4. The Hall–Kier alpha value is -4.10. The van der Waals surface area contributed by atoms with E-state index in [1.54, 1.807) is 37.5 Å². The average Bonchev–Trinajstić information content (AvgIpc) is 2.90. The van der Waals surface area contributed by atoms with Gasteiger partial charge in [-0.25, -0.2) is 9.97 Å². The number of halogens is 3. The van der Waals surface area contributed by atoms with Crippen LogP contribution in [-0.2, 0) is 4.79 Å². The first kappa shape index (κ1) is 30.4. The predicted octanol–water partition coefficient (Wildman–Crippen LogP) is 4.99. The second-order valence-corrected chi connectivity index (χ2v) is 9.75. The lowest BCUT2D eigenvalue weighted by atomic mass is 10.1. The maximum absolute atomic E-state index is 12.6. The Balaban J connectivity index is 1.96. The molecule has 0 aliphatic carbocycles. The summed E-state index contributed by atoms with van der Waals surface area (Å²) < 4.78 is 43.4. The van der Waals surface area contributed by atoms with E-state index in [-0.39, 0.29) is 12.0 Å². The van der Waals surface area contributed by atoms with Crippen molar-refractivity contribution in [2.45, 2.75) is 11.1 Å². The summed E-state index contributed by atoms with van der Waals surface area (Å²) in [6.45, 7) is 0.738. The molecule has 0 fully saturated rings. The van der Waals surface area contributed by atoms with Crippen LogP contribution in [0, 0.1) is 0 Å². The molecule has 1 amide bonds. The minimum Gasteiger partial charge on any atom is -0.495 e. The molecule has 3 rings (SSSR count). The number of ether oxygens (including phenoxy) is 1. The summed E-state index contributed by atoms with van der Waals surface area (Å²) >= 11 is 1.42. The lowest BCUT2D eigenvalue weighted by Crippen LogP contribution is -2.15. The number of benzene rings is 2. The summed E-state index contributed by atoms with van der Waals surface area (Å²) in [5.41, 5.74) is 9.16. The second-order valence-electron chi connectivity index (χ2n) is 8.61. The number of carbonyl (C=O) groups excluding carboxylic acids is 1. The monoisotopic (exact) mass is 573 g/mol. The molecule has 1 heterocycles. The van der Waals surface area contributed by atoms with Gasteiger partial charge >= 0.3 is 6.18 Å². The van der Waals surface area contributed by atoms with E-state index < -0.39 is 12.1 Å². The van der Waals surface area contributed by atoms with Crippen LogP contribution in [0.2, 0.25) is 0 Å². The number of aromatic nitrogens is 2. The number of rotatable bonds is 11. The van der Waals surface area contributed by atoms with Crippen LogP contribution in [0.5, 0.6) is 5.75 Å². The fourth-order valence-electron chi connectivity index (χ4n) is 3.48. The summed E-state index contributed by atoms with van der Waals surface area (Å²) in [7, 11) is 6.96. The smallest absolute Gasteiger partial charge is 0.409 e. The summed E-state index contributed by atoms with van der Waals surface area (Å²) in [5, 5.41) is 5.62. The molecule has 9 nitrogen and oxygen atoms in total. The van der Waals surface area contributed by atoms with Gasteiger partial charge in [0.1, 0.15) is 5.75 Å². The zero-order valence-corrected chi connectivity index (χ0v) is 23.2. The summed E-state index contributed by atoms with van der Waals surface area (Å²) in [6.07, 6.45) is -2.73. The molecule has 0 aliphatic heterocycles. The van der Waals surface area contributed by atoms with E-state index in [1.165, 1.54) is 18.9 Å². The highest BCUT2D eigenvalue weighted by Crippen LogP contribution is 2.38. The minimum absolute atomic E-state index is 0.116. The molecule has 0 atom stereocenters. The minimum atomic E-state index is -4.61. The third kappa shape index (κ3) is 8.71. The van der Waals surface area contributed by atoms with E-state index in [9.17, 15) is 18.0 Å². The maximum Gasteiger partial charge on any atom is 0.409 e. The maximum atomic E-state index is 12.6. The van der Waals surface area contributed by atoms with Gasteiger partial charge in [0.05, 0.1) is 29.9 Å². The third-order valence-corrected chi connectivity index (χ3v) is 6.40. The standard InChI is InChI=1S/C27H30F3N7O2S/c1-32-25(17-7-5-6-8-18(17)31)19-10-12-33-26(35-19)36-20-15-21(34-24(38)9-11-27(28,29)30)23(16-22(20)39-4)40-14-13-37(2)3/h5-12,15-16H,13-14,31H2,1-4H3,(H,34,38)(H,33,35,36)/b11-9+,32-25?. The number of allylic oxidation sites excluding steroid dienone is 1. The Morgan fingerprint density at radius 3 is 2.60 bits per heavy atom. The number of nitrogens with two attached hydrogens (primary N) is 1. The summed E-state index contributed by atoms with van der Waals surface area (Å²) in [4.78, 5) is 28.1. The average molecular weight is 574 g/mol. The van der Waals surface area contributed by atoms with Gasteiger partial charge in [-0.15, -0.1) is 11.8 Å². The Morgan fingerprint density at radius 1 is 1.20 bits per heavy atom. The van der Waals surface area contributed by atoms with Crippen molar-refractivity contribution in [3.05, 3.63) is 72.1 Å². The molecule has 0 unspecified atom stereocenters. The Morgan fingerprint density at radius 2 is 1.95 bits per heavy atom. The van der Waals surface area contributed by atoms with Gasteiger partial charge in [0.15, 0.2) is 0 Å². The molecule has 3 aromatic rings. The van der Waals surface area contributed by atoms with E-state index >= 15 is 0 Å². The number of thioether (sulfide) groups is 1. The van der Waals surface area contributed by atoms with Crippen molar-refractivity contribution < 1.29 is 22.7 Å². The number of amides is 1. The zero-order valence-electron chi connectivity index (χ0n) is 22.4. The van der Waals surface area contributed by atoms with Crippen LogP contribution in [0.3, 0.4) is 0 Å². The van der Waals surface area contributed by atoms with E-state index in [1.807, 2.05) is 37.2 Å². The van der Waals surface area contributed by atoms with Gasteiger partial charge in [0.25, 0.3) is 0 Å². The Bertz CT molecular complexity index is 1390. The number of carbonyl (C=O) groups is 1. The fourth-order valence-corrected chi connectivity index (χ4v) is 4.62. The van der Waals surface area contributed by atoms with Gasteiger partial charge in [0.2, 0.25) is 11.9 Å².